The van der Waals surface area contributed by atoms with Crippen molar-refractivity contribution in [2.75, 3.05) is 0 Å². The predicted octanol–water partition coefficient (Wildman–Crippen LogP) is 5.12. The average Bonchev–Trinajstić information content (AvgIpc) is 2.64. The van der Waals surface area contributed by atoms with Crippen LogP contribution in [0.1, 0.15) is 40.0 Å². The smallest absolute Gasteiger partial charge is 0.00232 e. The van der Waals surface area contributed by atoms with E-state index in [0.717, 1.165) is 6.42 Å². The van der Waals surface area contributed by atoms with Crippen LogP contribution in [0, 0.1) is 0 Å². The Hall–Kier alpha value is -1.30. The Balaban J connectivity index is 0.000000280. The molecule has 0 atom stereocenters. The molecule has 0 aliphatic heterocycles. The summed E-state index contributed by atoms with van der Waals surface area (Å²) in [5.41, 5.74) is 4.20. The van der Waals surface area contributed by atoms with E-state index in [2.05, 4.69) is 63.3 Å². The third-order valence-electron chi connectivity index (χ3n) is 2.78. The van der Waals surface area contributed by atoms with Crippen molar-refractivity contribution in [2.45, 2.75) is 40.0 Å². The molecule has 2 aliphatic rings. The van der Waals surface area contributed by atoms with Crippen LogP contribution < -0.4 is 0 Å². The fraction of sp³-hybridized carbons (Fsp3) is 0.375. The highest BCUT2D eigenvalue weighted by Crippen LogP contribution is 2.24. The standard InChI is InChI=1S/C12H12.C4H10/c1-10-5-4-7-11-6-2-3-8-12(10)9-11;1-3-4-2/h2-8H,9H2,1H3;3-4H2,1-2H3. The van der Waals surface area contributed by atoms with Crippen LogP contribution in [0.25, 0.3) is 0 Å². The molecular formula is C16H22. The van der Waals surface area contributed by atoms with Gasteiger partial charge < -0.3 is 0 Å². The van der Waals surface area contributed by atoms with E-state index in [1.165, 1.54) is 29.6 Å². The Morgan fingerprint density at radius 3 is 2.31 bits per heavy atom. The van der Waals surface area contributed by atoms with Crippen LogP contribution in [-0.2, 0) is 0 Å². The van der Waals surface area contributed by atoms with Crippen LogP contribution in [0.2, 0.25) is 0 Å². The van der Waals surface area contributed by atoms with Gasteiger partial charge in [0.15, 0.2) is 0 Å². The highest BCUT2D eigenvalue weighted by molar-refractivity contribution is 5.46. The number of rotatable bonds is 1. The van der Waals surface area contributed by atoms with E-state index in [-0.39, 0.29) is 0 Å². The van der Waals surface area contributed by atoms with Crippen LogP contribution in [0.15, 0.2) is 59.3 Å². The molecule has 0 aromatic heterocycles. The van der Waals surface area contributed by atoms with Crippen molar-refractivity contribution in [3.8, 4) is 0 Å². The van der Waals surface area contributed by atoms with Gasteiger partial charge >= 0.3 is 0 Å². The summed E-state index contributed by atoms with van der Waals surface area (Å²) in [7, 11) is 0. The van der Waals surface area contributed by atoms with Crippen molar-refractivity contribution in [1.29, 1.82) is 0 Å². The van der Waals surface area contributed by atoms with Gasteiger partial charge in [0.05, 0.1) is 0 Å². The van der Waals surface area contributed by atoms with Gasteiger partial charge in [0.25, 0.3) is 0 Å². The van der Waals surface area contributed by atoms with Crippen LogP contribution in [-0.4, -0.2) is 0 Å². The summed E-state index contributed by atoms with van der Waals surface area (Å²) in [5.74, 6) is 0. The number of allylic oxidation sites excluding steroid dienone is 10. The zero-order valence-corrected chi connectivity index (χ0v) is 10.7. The van der Waals surface area contributed by atoms with Gasteiger partial charge in [0.2, 0.25) is 0 Å². The molecule has 0 nitrogen and oxygen atoms in total. The first-order valence-corrected chi connectivity index (χ1v) is 6.19. The highest BCUT2D eigenvalue weighted by Gasteiger charge is 2.05. The van der Waals surface area contributed by atoms with Crippen molar-refractivity contribution < 1.29 is 0 Å². The Kier molecular flexibility index (Phi) is 5.63. The minimum absolute atomic E-state index is 1.08. The maximum Gasteiger partial charge on any atom is -0.00232 e. The molecule has 0 N–H and O–H groups in total. The molecule has 0 fully saturated rings. The van der Waals surface area contributed by atoms with E-state index in [4.69, 9.17) is 0 Å². The van der Waals surface area contributed by atoms with Crippen LogP contribution in [0.3, 0.4) is 0 Å². The molecule has 0 aromatic carbocycles. The maximum atomic E-state index is 2.20. The summed E-state index contributed by atoms with van der Waals surface area (Å²) in [6, 6.07) is 0. The molecule has 2 rings (SSSR count). The molecule has 0 saturated carbocycles. The molecule has 2 aliphatic carbocycles. The lowest BCUT2D eigenvalue weighted by atomic mass is 10.0. The molecular weight excluding hydrogens is 192 g/mol. The van der Waals surface area contributed by atoms with Crippen molar-refractivity contribution >= 4 is 0 Å². The van der Waals surface area contributed by atoms with Gasteiger partial charge in [-0.2, -0.15) is 0 Å². The van der Waals surface area contributed by atoms with Gasteiger partial charge in [-0.3, -0.25) is 0 Å². The Morgan fingerprint density at radius 2 is 1.62 bits per heavy atom. The molecule has 0 heteroatoms. The Morgan fingerprint density at radius 1 is 0.938 bits per heavy atom. The zero-order valence-electron chi connectivity index (χ0n) is 10.7. The summed E-state index contributed by atoms with van der Waals surface area (Å²) in [5, 5.41) is 0. The summed E-state index contributed by atoms with van der Waals surface area (Å²) < 4.78 is 0. The van der Waals surface area contributed by atoms with Crippen LogP contribution >= 0.6 is 0 Å². The molecule has 16 heavy (non-hydrogen) atoms. The fourth-order valence-corrected chi connectivity index (χ4v) is 1.50. The number of hydrogen-bond donors (Lipinski definition) is 0. The second-order valence-corrected chi connectivity index (χ2v) is 4.20. The Bertz CT molecular complexity index is 357. The van der Waals surface area contributed by atoms with E-state index in [1.807, 2.05) is 0 Å². The molecule has 0 saturated heterocycles. The zero-order chi connectivity index (χ0) is 11.8. The first kappa shape index (κ1) is 12.8. The fourth-order valence-electron chi connectivity index (χ4n) is 1.50. The van der Waals surface area contributed by atoms with Gasteiger partial charge in [-0.15, -0.1) is 0 Å². The highest BCUT2D eigenvalue weighted by atomic mass is 14.1. The van der Waals surface area contributed by atoms with E-state index in [9.17, 15) is 0 Å². The molecule has 0 aromatic rings. The van der Waals surface area contributed by atoms with Crippen molar-refractivity contribution in [1.82, 2.24) is 0 Å². The third-order valence-corrected chi connectivity index (χ3v) is 2.78. The minimum Gasteiger partial charge on any atom is -0.0654 e. The van der Waals surface area contributed by atoms with Crippen molar-refractivity contribution in [2.24, 2.45) is 0 Å². The van der Waals surface area contributed by atoms with Crippen molar-refractivity contribution in [3.63, 3.8) is 0 Å². The summed E-state index contributed by atoms with van der Waals surface area (Å²) in [6.07, 6.45) is 18.8. The lowest BCUT2D eigenvalue weighted by Crippen LogP contribution is -1.84. The lowest BCUT2D eigenvalue weighted by Gasteiger charge is -2.03. The first-order valence-electron chi connectivity index (χ1n) is 6.19. The average molecular weight is 214 g/mol. The Labute approximate surface area is 99.8 Å². The van der Waals surface area contributed by atoms with E-state index >= 15 is 0 Å². The molecule has 2 bridgehead atoms. The van der Waals surface area contributed by atoms with E-state index < -0.39 is 0 Å². The maximum absolute atomic E-state index is 2.20. The monoisotopic (exact) mass is 214 g/mol. The number of fused-ring (bicyclic) bond motifs is 2. The molecule has 86 valence electrons. The predicted molar refractivity (Wildman–Crippen MR) is 73.4 cm³/mol. The van der Waals surface area contributed by atoms with Gasteiger partial charge in [0.1, 0.15) is 0 Å². The molecule has 0 unspecified atom stereocenters. The summed E-state index contributed by atoms with van der Waals surface area (Å²) in [4.78, 5) is 0. The van der Waals surface area contributed by atoms with E-state index in [0.29, 0.717) is 0 Å². The molecule has 0 spiro atoms. The van der Waals surface area contributed by atoms with Gasteiger partial charge in [-0.25, -0.2) is 0 Å². The van der Waals surface area contributed by atoms with Crippen LogP contribution in [0.4, 0.5) is 0 Å². The van der Waals surface area contributed by atoms with Crippen molar-refractivity contribution in [3.05, 3.63) is 59.3 Å². The molecule has 0 radical (unpaired) electrons. The lowest BCUT2D eigenvalue weighted by molar-refractivity contribution is 0.886. The third kappa shape index (κ3) is 4.06. The van der Waals surface area contributed by atoms with Crippen LogP contribution in [0.5, 0.6) is 0 Å². The SMILES string of the molecule is CC1=CC=CC2=CC=CC=C1C2.CCCC. The normalized spacial score (nSPS) is 17.3. The molecule has 0 amide bonds. The number of hydrogen-bond acceptors (Lipinski definition) is 0. The quantitative estimate of drug-likeness (QED) is 0.568. The topological polar surface area (TPSA) is 0 Å². The summed E-state index contributed by atoms with van der Waals surface area (Å²) >= 11 is 0. The number of unbranched alkanes of at least 4 members (excludes halogenated alkanes) is 1. The summed E-state index contributed by atoms with van der Waals surface area (Å²) in [6.45, 7) is 6.53. The second-order valence-electron chi connectivity index (χ2n) is 4.20. The minimum atomic E-state index is 1.08. The van der Waals surface area contributed by atoms with E-state index in [1.54, 1.807) is 0 Å². The largest absolute Gasteiger partial charge is 0.0654 e. The molecule has 0 heterocycles. The van der Waals surface area contributed by atoms with Gasteiger partial charge in [-0.1, -0.05) is 69.2 Å². The first-order chi connectivity index (χ1) is 7.77. The van der Waals surface area contributed by atoms with Gasteiger partial charge in [-0.05, 0) is 30.1 Å². The van der Waals surface area contributed by atoms with Gasteiger partial charge in [0, 0.05) is 0 Å². The second kappa shape index (κ2) is 7.05.